The number of hydrogen-bond acceptors (Lipinski definition) is 6. The van der Waals surface area contributed by atoms with Crippen LogP contribution in [0.25, 0.3) is 0 Å². The summed E-state index contributed by atoms with van der Waals surface area (Å²) in [4.78, 5) is 12.9. The molecule has 6 nitrogen and oxygen atoms in total. The van der Waals surface area contributed by atoms with Gasteiger partial charge in [-0.1, -0.05) is 72.8 Å². The molecule has 2 aromatic rings. The number of esters is 1. The summed E-state index contributed by atoms with van der Waals surface area (Å²) < 4.78 is 35.5. The zero-order chi connectivity index (χ0) is 21.1. The molecule has 29 heavy (non-hydrogen) atoms. The Bertz CT molecular complexity index is 821. The van der Waals surface area contributed by atoms with E-state index in [1.807, 2.05) is 6.07 Å². The van der Waals surface area contributed by atoms with E-state index in [1.54, 1.807) is 54.6 Å². The summed E-state index contributed by atoms with van der Waals surface area (Å²) in [5.41, 5.74) is 1.08. The number of benzene rings is 2. The Balaban J connectivity index is 2.39. The van der Waals surface area contributed by atoms with Gasteiger partial charge in [-0.15, -0.1) is 13.2 Å². The Labute approximate surface area is 171 Å². The van der Waals surface area contributed by atoms with Gasteiger partial charge in [0.15, 0.2) is 6.10 Å². The van der Waals surface area contributed by atoms with E-state index in [2.05, 4.69) is 13.2 Å². The van der Waals surface area contributed by atoms with Gasteiger partial charge in [0, 0.05) is 12.7 Å². The van der Waals surface area contributed by atoms with E-state index in [1.165, 1.54) is 19.3 Å². The molecule has 0 aliphatic carbocycles. The summed E-state index contributed by atoms with van der Waals surface area (Å²) in [6.45, 7) is 7.06. The first kappa shape index (κ1) is 22.8. The fraction of sp³-hybridized carbons (Fsp3) is 0.227. The summed E-state index contributed by atoms with van der Waals surface area (Å²) in [6, 6.07) is 17.5. The van der Waals surface area contributed by atoms with Gasteiger partial charge in [0.05, 0.1) is 13.2 Å². The Morgan fingerprint density at radius 1 is 0.931 bits per heavy atom. The van der Waals surface area contributed by atoms with Gasteiger partial charge in [-0.05, 0) is 5.56 Å². The van der Waals surface area contributed by atoms with Crippen LogP contribution < -0.4 is 0 Å². The van der Waals surface area contributed by atoms with Crippen LogP contribution >= 0.6 is 7.60 Å². The summed E-state index contributed by atoms with van der Waals surface area (Å²) in [5, 5.41) is 0. The van der Waals surface area contributed by atoms with Crippen molar-refractivity contribution >= 4 is 13.6 Å². The van der Waals surface area contributed by atoms with Crippen molar-refractivity contribution in [1.82, 2.24) is 0 Å². The molecule has 0 N–H and O–H groups in total. The van der Waals surface area contributed by atoms with Crippen molar-refractivity contribution in [3.8, 4) is 0 Å². The van der Waals surface area contributed by atoms with E-state index in [0.29, 0.717) is 11.1 Å². The van der Waals surface area contributed by atoms with Crippen molar-refractivity contribution in [3.63, 3.8) is 0 Å². The van der Waals surface area contributed by atoms with E-state index in [4.69, 9.17) is 18.5 Å². The Morgan fingerprint density at radius 2 is 1.41 bits per heavy atom. The second-order valence-corrected chi connectivity index (χ2v) is 8.00. The summed E-state index contributed by atoms with van der Waals surface area (Å²) in [7, 11) is -2.52. The zero-order valence-electron chi connectivity index (χ0n) is 16.3. The molecule has 154 valence electrons. The minimum absolute atomic E-state index is 0.0400. The van der Waals surface area contributed by atoms with Crippen molar-refractivity contribution in [1.29, 1.82) is 0 Å². The number of rotatable bonds is 12. The van der Waals surface area contributed by atoms with Crippen LogP contribution in [0.3, 0.4) is 0 Å². The van der Waals surface area contributed by atoms with E-state index >= 15 is 0 Å². The molecule has 0 aromatic heterocycles. The SMILES string of the molecule is C=CCOP(=O)(OCC=C)[C@@H](OC(=O)[C@@H](OC)c1ccccc1)c1ccccc1. The quantitative estimate of drug-likeness (QED) is 0.269. The molecule has 0 unspecified atom stereocenters. The molecule has 0 saturated carbocycles. The molecular weight excluding hydrogens is 391 g/mol. The van der Waals surface area contributed by atoms with E-state index in [9.17, 15) is 9.36 Å². The normalized spacial score (nSPS) is 13.3. The molecule has 2 rings (SSSR count). The number of carbonyl (C=O) groups is 1. The minimum atomic E-state index is -3.92. The predicted octanol–water partition coefficient (Wildman–Crippen LogP) is 5.21. The maximum Gasteiger partial charge on any atom is 0.376 e. The van der Waals surface area contributed by atoms with E-state index in [-0.39, 0.29) is 13.2 Å². The summed E-state index contributed by atoms with van der Waals surface area (Å²) in [5.74, 6) is -1.99. The second kappa shape index (κ2) is 11.5. The lowest BCUT2D eigenvalue weighted by molar-refractivity contribution is -0.159. The van der Waals surface area contributed by atoms with Crippen molar-refractivity contribution in [3.05, 3.63) is 97.1 Å². The Kier molecular flexibility index (Phi) is 9.03. The third-order valence-corrected chi connectivity index (χ3v) is 5.89. The number of carbonyl (C=O) groups excluding carboxylic acids is 1. The van der Waals surface area contributed by atoms with Crippen LogP contribution in [0.5, 0.6) is 0 Å². The average Bonchev–Trinajstić information content (AvgIpc) is 2.76. The Hall–Kier alpha value is -2.50. The number of methoxy groups -OCH3 is 1. The predicted molar refractivity (Wildman–Crippen MR) is 111 cm³/mol. The number of ether oxygens (including phenoxy) is 2. The van der Waals surface area contributed by atoms with Crippen LogP contribution in [0.4, 0.5) is 0 Å². The third kappa shape index (κ3) is 6.24. The van der Waals surface area contributed by atoms with Crippen LogP contribution in [0, 0.1) is 0 Å². The molecule has 0 spiro atoms. The van der Waals surface area contributed by atoms with Crippen LogP contribution in [0.15, 0.2) is 86.0 Å². The van der Waals surface area contributed by atoms with E-state index in [0.717, 1.165) is 0 Å². The molecule has 0 amide bonds. The molecule has 0 bridgehead atoms. The smallest absolute Gasteiger partial charge is 0.376 e. The maximum atomic E-state index is 13.6. The Morgan fingerprint density at radius 3 is 1.86 bits per heavy atom. The van der Waals surface area contributed by atoms with Crippen molar-refractivity contribution in [2.75, 3.05) is 20.3 Å². The topological polar surface area (TPSA) is 71.1 Å². The van der Waals surface area contributed by atoms with Gasteiger partial charge in [0.25, 0.3) is 0 Å². The highest BCUT2D eigenvalue weighted by Gasteiger charge is 2.41. The van der Waals surface area contributed by atoms with Gasteiger partial charge < -0.3 is 18.5 Å². The highest BCUT2D eigenvalue weighted by atomic mass is 31.2. The second-order valence-electron chi connectivity index (χ2n) is 5.94. The van der Waals surface area contributed by atoms with Crippen LogP contribution in [-0.4, -0.2) is 26.3 Å². The third-order valence-electron chi connectivity index (χ3n) is 3.90. The average molecular weight is 416 g/mol. The molecule has 0 saturated heterocycles. The van der Waals surface area contributed by atoms with Gasteiger partial charge in [-0.2, -0.15) is 0 Å². The molecule has 0 aliphatic heterocycles. The van der Waals surface area contributed by atoms with Gasteiger partial charge in [-0.25, -0.2) is 4.79 Å². The lowest BCUT2D eigenvalue weighted by Crippen LogP contribution is -2.22. The minimum Gasteiger partial charge on any atom is -0.442 e. The lowest BCUT2D eigenvalue weighted by atomic mass is 10.1. The standard InChI is InChI=1S/C22H25O6P/c1-4-16-26-29(24,27-17-5-2)22(19-14-10-7-11-15-19)28-21(23)20(25-3)18-12-8-6-9-13-18/h4-15,20,22H,1-2,16-17H2,3H3/t20-,22+/m0/s1. The van der Waals surface area contributed by atoms with Gasteiger partial charge in [0.2, 0.25) is 5.85 Å². The van der Waals surface area contributed by atoms with Gasteiger partial charge in [0.1, 0.15) is 0 Å². The zero-order valence-corrected chi connectivity index (χ0v) is 17.2. The molecule has 0 fully saturated rings. The first-order valence-electron chi connectivity index (χ1n) is 8.99. The van der Waals surface area contributed by atoms with Crippen LogP contribution in [0.2, 0.25) is 0 Å². The molecule has 0 aliphatic rings. The molecule has 2 aromatic carbocycles. The lowest BCUT2D eigenvalue weighted by Gasteiger charge is -2.27. The van der Waals surface area contributed by atoms with Crippen molar-refractivity contribution < 1.29 is 27.9 Å². The van der Waals surface area contributed by atoms with Crippen molar-refractivity contribution in [2.45, 2.75) is 11.9 Å². The highest BCUT2D eigenvalue weighted by Crippen LogP contribution is 2.61. The summed E-state index contributed by atoms with van der Waals surface area (Å²) >= 11 is 0. The van der Waals surface area contributed by atoms with E-state index < -0.39 is 25.5 Å². The molecular formula is C22H25O6P. The van der Waals surface area contributed by atoms with Crippen molar-refractivity contribution in [2.24, 2.45) is 0 Å². The number of hydrogen-bond donors (Lipinski definition) is 0. The molecule has 7 heteroatoms. The van der Waals surface area contributed by atoms with Crippen LogP contribution in [-0.2, 0) is 27.9 Å². The first-order chi connectivity index (χ1) is 14.1. The van der Waals surface area contributed by atoms with Gasteiger partial charge >= 0.3 is 13.6 Å². The summed E-state index contributed by atoms with van der Waals surface area (Å²) in [6.07, 6.45) is 1.89. The maximum absolute atomic E-state index is 13.6. The molecule has 2 atom stereocenters. The van der Waals surface area contributed by atoms with Gasteiger partial charge in [-0.3, -0.25) is 4.57 Å². The molecule has 0 heterocycles. The monoisotopic (exact) mass is 416 g/mol. The highest BCUT2D eigenvalue weighted by molar-refractivity contribution is 7.54. The van der Waals surface area contributed by atoms with Crippen LogP contribution in [0.1, 0.15) is 23.1 Å². The first-order valence-corrected chi connectivity index (χ1v) is 10.6. The fourth-order valence-electron chi connectivity index (χ4n) is 2.59. The molecule has 0 radical (unpaired) electrons. The fourth-order valence-corrected chi connectivity index (χ4v) is 4.33. The largest absolute Gasteiger partial charge is 0.442 e.